The lowest BCUT2D eigenvalue weighted by Crippen LogP contribution is -2.06. The lowest BCUT2D eigenvalue weighted by atomic mass is 10.3. The van der Waals surface area contributed by atoms with Crippen LogP contribution >= 0.6 is 0 Å². The molecule has 0 amide bonds. The molecule has 0 saturated carbocycles. The second-order valence-corrected chi connectivity index (χ2v) is 3.83. The molecular weight excluding hydrogens is 232 g/mol. The first-order valence-electron chi connectivity index (χ1n) is 5.83. The van der Waals surface area contributed by atoms with Crippen LogP contribution < -0.4 is 10.5 Å². The first-order valence-corrected chi connectivity index (χ1v) is 5.83. The number of pyridine rings is 1. The number of hydrogen-bond acceptors (Lipinski definition) is 6. The third-order valence-corrected chi connectivity index (χ3v) is 2.43. The van der Waals surface area contributed by atoms with Crippen molar-refractivity contribution in [1.29, 1.82) is 0 Å². The molecule has 2 aromatic heterocycles. The molecule has 0 spiro atoms. The van der Waals surface area contributed by atoms with Gasteiger partial charge in [0.05, 0.1) is 5.69 Å². The molecule has 0 aliphatic carbocycles. The molecule has 96 valence electrons. The Hall–Kier alpha value is -1.95. The average molecular weight is 248 g/mol. The van der Waals surface area contributed by atoms with Crippen molar-refractivity contribution in [3.05, 3.63) is 35.3 Å². The van der Waals surface area contributed by atoms with E-state index in [4.69, 9.17) is 14.9 Å². The second kappa shape index (κ2) is 5.59. The summed E-state index contributed by atoms with van der Waals surface area (Å²) in [4.78, 5) is 4.31. The highest BCUT2D eigenvalue weighted by molar-refractivity contribution is 5.29. The van der Waals surface area contributed by atoms with Gasteiger partial charge in [0.25, 0.3) is 5.89 Å². The molecule has 2 aromatic rings. The van der Waals surface area contributed by atoms with Crippen LogP contribution in [0.3, 0.4) is 0 Å². The maximum atomic E-state index is 5.62. The van der Waals surface area contributed by atoms with Crippen molar-refractivity contribution in [1.82, 2.24) is 15.2 Å². The zero-order chi connectivity index (χ0) is 13.0. The summed E-state index contributed by atoms with van der Waals surface area (Å²) < 4.78 is 10.9. The molecule has 0 radical (unpaired) electrons. The maximum absolute atomic E-state index is 5.62. The van der Waals surface area contributed by atoms with Crippen LogP contribution in [0, 0.1) is 6.92 Å². The molecule has 0 aliphatic rings. The summed E-state index contributed by atoms with van der Waals surface area (Å²) in [5.41, 5.74) is 7.26. The van der Waals surface area contributed by atoms with Gasteiger partial charge in [-0.05, 0) is 19.1 Å². The van der Waals surface area contributed by atoms with E-state index in [-0.39, 0.29) is 6.61 Å². The van der Waals surface area contributed by atoms with E-state index in [2.05, 4.69) is 15.2 Å². The van der Waals surface area contributed by atoms with Gasteiger partial charge in [0.2, 0.25) is 5.89 Å². The Balaban J connectivity index is 2.05. The van der Waals surface area contributed by atoms with Gasteiger partial charge >= 0.3 is 0 Å². The Morgan fingerprint density at radius 3 is 2.72 bits per heavy atom. The number of ether oxygens (including phenoxy) is 1. The van der Waals surface area contributed by atoms with Crippen molar-refractivity contribution in [3.8, 4) is 5.75 Å². The molecule has 0 aromatic carbocycles. The Labute approximate surface area is 105 Å². The lowest BCUT2D eigenvalue weighted by molar-refractivity contribution is 0.256. The smallest absolute Gasteiger partial charge is 0.253 e. The summed E-state index contributed by atoms with van der Waals surface area (Å²) in [7, 11) is 0. The molecule has 2 heterocycles. The fourth-order valence-corrected chi connectivity index (χ4v) is 1.50. The second-order valence-electron chi connectivity index (χ2n) is 3.83. The van der Waals surface area contributed by atoms with Gasteiger partial charge in [0.1, 0.15) is 5.75 Å². The van der Waals surface area contributed by atoms with Crippen molar-refractivity contribution in [2.24, 2.45) is 5.73 Å². The molecule has 0 aliphatic heterocycles. The van der Waals surface area contributed by atoms with Crippen molar-refractivity contribution >= 4 is 0 Å². The van der Waals surface area contributed by atoms with E-state index >= 15 is 0 Å². The van der Waals surface area contributed by atoms with Crippen molar-refractivity contribution in [3.63, 3.8) is 0 Å². The van der Waals surface area contributed by atoms with Gasteiger partial charge in [-0.2, -0.15) is 0 Å². The summed E-state index contributed by atoms with van der Waals surface area (Å²) in [6.07, 6.45) is 0.715. The minimum Gasteiger partial charge on any atom is -0.482 e. The topological polar surface area (TPSA) is 87.1 Å². The van der Waals surface area contributed by atoms with Crippen molar-refractivity contribution < 1.29 is 9.15 Å². The van der Waals surface area contributed by atoms with Gasteiger partial charge in [-0.25, -0.2) is 0 Å². The van der Waals surface area contributed by atoms with E-state index in [0.29, 0.717) is 30.5 Å². The first kappa shape index (κ1) is 12.5. The average Bonchev–Trinajstić information content (AvgIpc) is 2.85. The zero-order valence-electron chi connectivity index (χ0n) is 10.5. The van der Waals surface area contributed by atoms with Gasteiger partial charge in [0, 0.05) is 18.7 Å². The predicted octanol–water partition coefficient (Wildman–Crippen LogP) is 1.37. The third kappa shape index (κ3) is 2.84. The maximum Gasteiger partial charge on any atom is 0.253 e. The van der Waals surface area contributed by atoms with E-state index in [0.717, 1.165) is 11.4 Å². The molecule has 0 bridgehead atoms. The minimum absolute atomic E-state index is 0.227. The summed E-state index contributed by atoms with van der Waals surface area (Å²) in [5, 5.41) is 7.75. The Morgan fingerprint density at radius 2 is 2.06 bits per heavy atom. The van der Waals surface area contributed by atoms with Crippen molar-refractivity contribution in [2.75, 3.05) is 0 Å². The van der Waals surface area contributed by atoms with E-state index in [1.165, 1.54) is 0 Å². The zero-order valence-corrected chi connectivity index (χ0v) is 10.5. The van der Waals surface area contributed by atoms with Crippen LogP contribution in [0.15, 0.2) is 16.5 Å². The molecule has 6 nitrogen and oxygen atoms in total. The highest BCUT2D eigenvalue weighted by Gasteiger charge is 2.08. The number of aryl methyl sites for hydroxylation is 2. The van der Waals surface area contributed by atoms with Crippen LogP contribution in [-0.2, 0) is 19.6 Å². The quantitative estimate of drug-likeness (QED) is 0.860. The van der Waals surface area contributed by atoms with Crippen LogP contribution in [0.5, 0.6) is 5.75 Å². The van der Waals surface area contributed by atoms with E-state index in [1.807, 2.05) is 26.0 Å². The summed E-state index contributed by atoms with van der Waals surface area (Å²) in [5.74, 6) is 1.71. The van der Waals surface area contributed by atoms with Gasteiger partial charge in [0.15, 0.2) is 6.61 Å². The lowest BCUT2D eigenvalue weighted by Gasteiger charge is -2.08. The normalized spacial score (nSPS) is 10.6. The summed E-state index contributed by atoms with van der Waals surface area (Å²) in [6, 6.07) is 3.72. The molecule has 0 atom stereocenters. The highest BCUT2D eigenvalue weighted by Crippen LogP contribution is 2.17. The van der Waals surface area contributed by atoms with Crippen LogP contribution in [0.25, 0.3) is 0 Å². The monoisotopic (exact) mass is 248 g/mol. The molecule has 0 unspecified atom stereocenters. The van der Waals surface area contributed by atoms with E-state index in [1.54, 1.807) is 0 Å². The summed E-state index contributed by atoms with van der Waals surface area (Å²) in [6.45, 7) is 4.43. The molecule has 2 N–H and O–H groups in total. The molecule has 2 rings (SSSR count). The van der Waals surface area contributed by atoms with E-state index < -0.39 is 0 Å². The van der Waals surface area contributed by atoms with E-state index in [9.17, 15) is 0 Å². The highest BCUT2D eigenvalue weighted by atomic mass is 16.5. The van der Waals surface area contributed by atoms with Gasteiger partial charge in [-0.1, -0.05) is 6.92 Å². The van der Waals surface area contributed by atoms with Gasteiger partial charge < -0.3 is 14.9 Å². The van der Waals surface area contributed by atoms with Gasteiger partial charge in [-0.3, -0.25) is 4.98 Å². The number of nitrogens with two attached hydrogens (primary N) is 1. The summed E-state index contributed by atoms with van der Waals surface area (Å²) >= 11 is 0. The van der Waals surface area contributed by atoms with Crippen LogP contribution in [-0.4, -0.2) is 15.2 Å². The molecule has 18 heavy (non-hydrogen) atoms. The first-order chi connectivity index (χ1) is 8.72. The number of nitrogens with zero attached hydrogens (tertiary/aromatic N) is 3. The largest absolute Gasteiger partial charge is 0.482 e. The fourth-order valence-electron chi connectivity index (χ4n) is 1.50. The molecule has 0 saturated heterocycles. The predicted molar refractivity (Wildman–Crippen MR) is 64.9 cm³/mol. The minimum atomic E-state index is 0.227. The Bertz CT molecular complexity index is 525. The molecule has 6 heteroatoms. The number of rotatable bonds is 5. The van der Waals surface area contributed by atoms with Crippen LogP contribution in [0.1, 0.15) is 30.1 Å². The van der Waals surface area contributed by atoms with Gasteiger partial charge in [-0.15, -0.1) is 10.2 Å². The standard InChI is InChI=1S/C12H16N4O2/c1-3-11-15-16-12(18-11)7-17-10-5-4-8(2)14-9(10)6-13/h4-5H,3,6-7,13H2,1-2H3. The third-order valence-electron chi connectivity index (χ3n) is 2.43. The Kier molecular flexibility index (Phi) is 3.88. The SMILES string of the molecule is CCc1nnc(COc2ccc(C)nc2CN)o1. The van der Waals surface area contributed by atoms with Crippen LogP contribution in [0.4, 0.5) is 0 Å². The number of hydrogen-bond donors (Lipinski definition) is 1. The number of aromatic nitrogens is 3. The Morgan fingerprint density at radius 1 is 1.28 bits per heavy atom. The molecular formula is C12H16N4O2. The fraction of sp³-hybridized carbons (Fsp3) is 0.417. The van der Waals surface area contributed by atoms with Crippen LogP contribution in [0.2, 0.25) is 0 Å². The van der Waals surface area contributed by atoms with Crippen molar-refractivity contribution in [2.45, 2.75) is 33.4 Å². The molecule has 0 fully saturated rings.